The average Bonchev–Trinajstić information content (AvgIpc) is 3.33. The number of carboxylic acids is 2. The van der Waals surface area contributed by atoms with Crippen LogP contribution in [0, 0.1) is 5.82 Å². The number of fused-ring (bicyclic) bond motifs is 2. The Morgan fingerprint density at radius 1 is 0.875 bits per heavy atom. The fourth-order valence-electron chi connectivity index (χ4n) is 5.04. The van der Waals surface area contributed by atoms with E-state index in [1.54, 1.807) is 14.2 Å². The van der Waals surface area contributed by atoms with Crippen molar-refractivity contribution in [2.45, 2.75) is 32.4 Å². The van der Waals surface area contributed by atoms with Crippen molar-refractivity contribution < 1.29 is 33.7 Å². The van der Waals surface area contributed by atoms with Crippen LogP contribution in [0.1, 0.15) is 24.0 Å². The molecule has 0 saturated carbocycles. The lowest BCUT2D eigenvalue weighted by atomic mass is 9.98. The van der Waals surface area contributed by atoms with Gasteiger partial charge >= 0.3 is 11.9 Å². The number of methoxy groups -OCH3 is 2. The topological polar surface area (TPSA) is 101 Å². The molecule has 4 aromatic rings. The maximum Gasteiger partial charge on any atom is 0.414 e. The lowest BCUT2D eigenvalue weighted by Gasteiger charge is -2.29. The van der Waals surface area contributed by atoms with Crippen LogP contribution in [0.5, 0.6) is 11.5 Å². The van der Waals surface area contributed by atoms with E-state index in [0.717, 1.165) is 68.1 Å². The van der Waals surface area contributed by atoms with Gasteiger partial charge in [0.25, 0.3) is 0 Å². The van der Waals surface area contributed by atoms with Gasteiger partial charge in [-0.2, -0.15) is 0 Å². The fourth-order valence-corrected chi connectivity index (χ4v) is 5.04. The van der Waals surface area contributed by atoms with Crippen molar-refractivity contribution in [2.75, 3.05) is 27.3 Å². The summed E-state index contributed by atoms with van der Waals surface area (Å²) >= 11 is 0. The van der Waals surface area contributed by atoms with Crippen molar-refractivity contribution in [2.24, 2.45) is 0 Å². The third-order valence-corrected chi connectivity index (χ3v) is 7.05. The van der Waals surface area contributed by atoms with E-state index in [1.807, 2.05) is 12.1 Å². The molecule has 0 aliphatic carbocycles. The minimum absolute atomic E-state index is 0.203. The minimum Gasteiger partial charge on any atom is -0.493 e. The molecule has 40 heavy (non-hydrogen) atoms. The monoisotopic (exact) mass is 548 g/mol. The molecule has 0 spiro atoms. The highest BCUT2D eigenvalue weighted by Gasteiger charge is 2.19. The highest BCUT2D eigenvalue weighted by molar-refractivity contribution is 6.27. The number of carbonyl (C=O) groups is 2. The maximum atomic E-state index is 13.4. The second-order valence-electron chi connectivity index (χ2n) is 9.58. The van der Waals surface area contributed by atoms with Gasteiger partial charge in [-0.1, -0.05) is 30.3 Å². The Bertz CT molecular complexity index is 1470. The van der Waals surface area contributed by atoms with Crippen molar-refractivity contribution in [1.82, 2.24) is 9.47 Å². The molecule has 1 aromatic heterocycles. The highest BCUT2D eigenvalue weighted by Crippen LogP contribution is 2.34. The van der Waals surface area contributed by atoms with Crippen LogP contribution < -0.4 is 9.47 Å². The lowest BCUT2D eigenvalue weighted by Crippen LogP contribution is -2.31. The zero-order chi connectivity index (χ0) is 28.6. The van der Waals surface area contributed by atoms with Crippen LogP contribution in [0.3, 0.4) is 0 Å². The predicted molar refractivity (Wildman–Crippen MR) is 150 cm³/mol. The normalized spacial score (nSPS) is 12.8. The molecule has 1 aliphatic rings. The van der Waals surface area contributed by atoms with Gasteiger partial charge in [0, 0.05) is 42.3 Å². The van der Waals surface area contributed by atoms with Crippen molar-refractivity contribution in [1.29, 1.82) is 0 Å². The van der Waals surface area contributed by atoms with E-state index in [0.29, 0.717) is 0 Å². The Kier molecular flexibility index (Phi) is 9.39. The molecule has 0 atom stereocenters. The molecule has 3 aromatic carbocycles. The first-order valence-corrected chi connectivity index (χ1v) is 13.1. The van der Waals surface area contributed by atoms with Gasteiger partial charge in [0.05, 0.1) is 14.2 Å². The molecule has 2 N–H and O–H groups in total. The summed E-state index contributed by atoms with van der Waals surface area (Å²) in [6, 6.07) is 19.5. The number of nitrogens with zero attached hydrogens (tertiary/aromatic N) is 2. The number of rotatable bonds is 8. The number of aryl methyl sites for hydroxylation is 1. The summed E-state index contributed by atoms with van der Waals surface area (Å²) in [4.78, 5) is 20.7. The van der Waals surface area contributed by atoms with Crippen LogP contribution in [0.4, 0.5) is 4.39 Å². The number of aliphatic carboxylic acids is 2. The van der Waals surface area contributed by atoms with Gasteiger partial charge in [0.1, 0.15) is 5.82 Å². The molecular weight excluding hydrogens is 515 g/mol. The molecule has 210 valence electrons. The van der Waals surface area contributed by atoms with Crippen LogP contribution in [0.15, 0.2) is 66.9 Å². The van der Waals surface area contributed by atoms with E-state index >= 15 is 0 Å². The number of para-hydroxylation sites is 1. The summed E-state index contributed by atoms with van der Waals surface area (Å²) < 4.78 is 26.7. The first-order chi connectivity index (χ1) is 19.3. The van der Waals surface area contributed by atoms with Gasteiger partial charge in [0.2, 0.25) is 0 Å². The van der Waals surface area contributed by atoms with Crippen molar-refractivity contribution in [3.05, 3.63) is 83.8 Å². The highest BCUT2D eigenvalue weighted by atomic mass is 19.1. The Labute approximate surface area is 232 Å². The van der Waals surface area contributed by atoms with E-state index in [4.69, 9.17) is 29.3 Å². The van der Waals surface area contributed by atoms with E-state index in [-0.39, 0.29) is 5.82 Å². The van der Waals surface area contributed by atoms with Crippen LogP contribution in [-0.2, 0) is 29.1 Å². The smallest absolute Gasteiger partial charge is 0.414 e. The number of aromatic nitrogens is 1. The van der Waals surface area contributed by atoms with Crippen molar-refractivity contribution in [3.63, 3.8) is 0 Å². The summed E-state index contributed by atoms with van der Waals surface area (Å²) in [5.74, 6) is -2.23. The van der Waals surface area contributed by atoms with E-state index in [2.05, 4.69) is 52.1 Å². The van der Waals surface area contributed by atoms with Gasteiger partial charge in [-0.25, -0.2) is 14.0 Å². The Hall–Kier alpha value is -4.37. The first-order valence-electron chi connectivity index (χ1n) is 13.1. The van der Waals surface area contributed by atoms with Crippen LogP contribution in [0.25, 0.3) is 22.0 Å². The standard InChI is InChI=1S/C29H31FN2O2.C2H2O4/c1-33-28-17-22-13-16-31(19-23(22)18-29(28)34-2)14-5-6-15-32-20-26(21-9-11-24(30)12-10-21)25-7-3-4-8-27(25)32;3-1(4)2(5)6/h3-4,7-12,17-18,20H,5-6,13-16,19H2,1-2H3;(H,3,4)(H,5,6). The fraction of sp³-hybridized carbons (Fsp3) is 0.290. The van der Waals surface area contributed by atoms with Crippen LogP contribution in [0.2, 0.25) is 0 Å². The summed E-state index contributed by atoms with van der Waals surface area (Å²) in [6.45, 7) is 4.08. The third-order valence-electron chi connectivity index (χ3n) is 7.05. The number of halogens is 1. The zero-order valence-corrected chi connectivity index (χ0v) is 22.6. The largest absolute Gasteiger partial charge is 0.493 e. The molecule has 0 unspecified atom stereocenters. The number of carboxylic acid groups (broad SMARTS) is 2. The van der Waals surface area contributed by atoms with Gasteiger partial charge < -0.3 is 24.3 Å². The number of unbranched alkanes of at least 4 members (excludes halogenated alkanes) is 1. The van der Waals surface area contributed by atoms with Crippen LogP contribution >= 0.6 is 0 Å². The molecule has 0 bridgehead atoms. The first kappa shape index (κ1) is 28.6. The number of ether oxygens (including phenoxy) is 2. The Morgan fingerprint density at radius 3 is 2.15 bits per heavy atom. The summed E-state index contributed by atoms with van der Waals surface area (Å²) in [5, 5.41) is 16.0. The van der Waals surface area contributed by atoms with Gasteiger partial charge in [-0.3, -0.25) is 4.90 Å². The summed E-state index contributed by atoms with van der Waals surface area (Å²) in [6.07, 6.45) is 5.51. The van der Waals surface area contributed by atoms with Crippen LogP contribution in [-0.4, -0.2) is 58.9 Å². The average molecular weight is 549 g/mol. The SMILES string of the molecule is COc1cc2c(cc1OC)CN(CCCCn1cc(-c3ccc(F)cc3)c3ccccc31)CC2.O=C(O)C(=O)O. The zero-order valence-electron chi connectivity index (χ0n) is 22.6. The molecule has 0 amide bonds. The van der Waals surface area contributed by atoms with Crippen molar-refractivity contribution >= 4 is 22.8 Å². The second-order valence-corrected chi connectivity index (χ2v) is 9.58. The number of benzene rings is 3. The third kappa shape index (κ3) is 6.79. The number of hydrogen-bond donors (Lipinski definition) is 2. The molecular formula is C31H33FN2O6. The van der Waals surface area contributed by atoms with E-state index in [1.165, 1.54) is 34.2 Å². The molecule has 0 radical (unpaired) electrons. The number of hydrogen-bond acceptors (Lipinski definition) is 5. The maximum absolute atomic E-state index is 13.4. The molecule has 2 heterocycles. The molecule has 0 fully saturated rings. The van der Waals surface area contributed by atoms with Gasteiger partial charge in [0.15, 0.2) is 11.5 Å². The molecule has 9 heteroatoms. The minimum atomic E-state index is -1.82. The summed E-state index contributed by atoms with van der Waals surface area (Å²) in [5.41, 5.74) is 6.14. The van der Waals surface area contributed by atoms with E-state index < -0.39 is 11.9 Å². The quantitative estimate of drug-likeness (QED) is 0.223. The molecule has 1 aliphatic heterocycles. The molecule has 0 saturated heterocycles. The lowest BCUT2D eigenvalue weighted by molar-refractivity contribution is -0.159. The van der Waals surface area contributed by atoms with Crippen molar-refractivity contribution in [3.8, 4) is 22.6 Å². The van der Waals surface area contributed by atoms with E-state index in [9.17, 15) is 4.39 Å². The Morgan fingerprint density at radius 2 is 1.50 bits per heavy atom. The molecule has 8 nitrogen and oxygen atoms in total. The van der Waals surface area contributed by atoms with Gasteiger partial charge in [-0.05, 0) is 72.8 Å². The molecule has 5 rings (SSSR count). The Balaban J connectivity index is 0.000000557. The summed E-state index contributed by atoms with van der Waals surface area (Å²) in [7, 11) is 3.38. The van der Waals surface area contributed by atoms with Gasteiger partial charge in [-0.15, -0.1) is 0 Å². The second kappa shape index (κ2) is 13.1. The predicted octanol–water partition coefficient (Wildman–Crippen LogP) is 5.46.